The molecule has 1 atom stereocenters. The number of rotatable bonds is 11. The molecule has 1 aliphatic carbocycles. The number of hydrogen-bond acceptors (Lipinski definition) is 5. The first-order chi connectivity index (χ1) is 17.5. The Hall–Kier alpha value is -3.07. The zero-order valence-electron chi connectivity index (χ0n) is 22.5. The number of methoxy groups -OCH3 is 1. The summed E-state index contributed by atoms with van der Waals surface area (Å²) in [7, 11) is -2.21. The summed E-state index contributed by atoms with van der Waals surface area (Å²) in [6, 6.07) is 12.2. The summed E-state index contributed by atoms with van der Waals surface area (Å²) in [5, 5.41) is 3.12. The lowest BCUT2D eigenvalue weighted by atomic mass is 10.1. The maximum atomic E-state index is 13.9. The maximum absolute atomic E-state index is 13.9. The number of para-hydroxylation sites is 1. The smallest absolute Gasteiger partial charge is 0.244 e. The fourth-order valence-electron chi connectivity index (χ4n) is 5.03. The third-order valence-electron chi connectivity index (χ3n) is 6.94. The largest absolute Gasteiger partial charge is 0.497 e. The molecule has 0 bridgehead atoms. The molecule has 1 saturated carbocycles. The van der Waals surface area contributed by atoms with Crippen molar-refractivity contribution in [3.05, 3.63) is 59.2 Å². The summed E-state index contributed by atoms with van der Waals surface area (Å²) in [5.74, 6) is -0.00500. The molecule has 0 heterocycles. The Morgan fingerprint density at radius 3 is 2.27 bits per heavy atom. The molecular weight excluding hydrogens is 490 g/mol. The van der Waals surface area contributed by atoms with E-state index >= 15 is 0 Å². The van der Waals surface area contributed by atoms with Crippen LogP contribution < -0.4 is 14.4 Å². The Bertz CT molecular complexity index is 1190. The molecule has 3 rings (SSSR count). The van der Waals surface area contributed by atoms with Crippen LogP contribution in [0, 0.1) is 13.8 Å². The second kappa shape index (κ2) is 12.4. The van der Waals surface area contributed by atoms with Crippen molar-refractivity contribution in [2.24, 2.45) is 0 Å². The first kappa shape index (κ1) is 28.5. The van der Waals surface area contributed by atoms with Gasteiger partial charge >= 0.3 is 0 Å². The molecule has 37 heavy (non-hydrogen) atoms. The van der Waals surface area contributed by atoms with Gasteiger partial charge in [0.2, 0.25) is 21.8 Å². The van der Waals surface area contributed by atoms with Crippen LogP contribution in [-0.2, 0) is 26.2 Å². The predicted octanol–water partition coefficient (Wildman–Crippen LogP) is 3.94. The third-order valence-corrected chi connectivity index (χ3v) is 8.05. The minimum Gasteiger partial charge on any atom is -0.497 e. The molecule has 0 aromatic heterocycles. The van der Waals surface area contributed by atoms with E-state index in [1.807, 2.05) is 63.2 Å². The van der Waals surface area contributed by atoms with Gasteiger partial charge < -0.3 is 15.0 Å². The van der Waals surface area contributed by atoms with Crippen molar-refractivity contribution >= 4 is 27.5 Å². The highest BCUT2D eigenvalue weighted by molar-refractivity contribution is 7.92. The number of hydrogen-bond donors (Lipinski definition) is 1. The topological polar surface area (TPSA) is 96.0 Å². The Kier molecular flexibility index (Phi) is 9.59. The van der Waals surface area contributed by atoms with E-state index in [0.717, 1.165) is 52.9 Å². The molecule has 2 aromatic carbocycles. The predicted molar refractivity (Wildman–Crippen MR) is 146 cm³/mol. The van der Waals surface area contributed by atoms with E-state index in [2.05, 4.69) is 5.32 Å². The quantitative estimate of drug-likeness (QED) is 0.476. The van der Waals surface area contributed by atoms with Crippen molar-refractivity contribution in [2.75, 3.05) is 24.2 Å². The molecule has 0 unspecified atom stereocenters. The number of carbonyl (C=O) groups is 2. The lowest BCUT2D eigenvalue weighted by Gasteiger charge is -2.34. The summed E-state index contributed by atoms with van der Waals surface area (Å²) in [6.07, 6.45) is 5.51. The van der Waals surface area contributed by atoms with Gasteiger partial charge in [0.25, 0.3) is 0 Å². The lowest BCUT2D eigenvalue weighted by molar-refractivity contribution is -0.140. The zero-order chi connectivity index (χ0) is 27.2. The van der Waals surface area contributed by atoms with Crippen LogP contribution >= 0.6 is 0 Å². The summed E-state index contributed by atoms with van der Waals surface area (Å²) in [4.78, 5) is 28.8. The average Bonchev–Trinajstić information content (AvgIpc) is 3.35. The fraction of sp³-hybridized carbons (Fsp3) is 0.500. The molecule has 8 nitrogen and oxygen atoms in total. The first-order valence-electron chi connectivity index (χ1n) is 12.8. The molecule has 1 aliphatic rings. The van der Waals surface area contributed by atoms with E-state index in [1.54, 1.807) is 7.11 Å². The van der Waals surface area contributed by atoms with E-state index in [-0.39, 0.29) is 18.5 Å². The molecule has 2 aromatic rings. The summed E-state index contributed by atoms with van der Waals surface area (Å²) in [5.41, 5.74) is 2.79. The van der Waals surface area contributed by atoms with Gasteiger partial charge in [-0.1, -0.05) is 50.1 Å². The number of amides is 2. The van der Waals surface area contributed by atoms with Crippen molar-refractivity contribution in [1.29, 1.82) is 0 Å². The number of carbonyl (C=O) groups excluding carboxylic acids is 2. The SMILES string of the molecule is CC[C@H](C(=O)NC1CCCC1)N(Cc1cccc(OC)c1)C(=O)CN(c1c(C)cccc1C)S(C)(=O)=O. The molecule has 9 heteroatoms. The normalized spacial score (nSPS) is 14.7. The second-order valence-corrected chi connectivity index (χ2v) is 11.7. The molecule has 0 saturated heterocycles. The fourth-order valence-corrected chi connectivity index (χ4v) is 5.99. The van der Waals surface area contributed by atoms with Crippen LogP contribution in [0.1, 0.15) is 55.7 Å². The van der Waals surface area contributed by atoms with Crippen LogP contribution in [0.5, 0.6) is 5.75 Å². The number of nitrogens with zero attached hydrogens (tertiary/aromatic N) is 2. The molecular formula is C28H39N3O5S. The highest BCUT2D eigenvalue weighted by Gasteiger charge is 2.33. The van der Waals surface area contributed by atoms with Crippen molar-refractivity contribution < 1.29 is 22.7 Å². The van der Waals surface area contributed by atoms with Gasteiger partial charge in [-0.2, -0.15) is 0 Å². The third kappa shape index (κ3) is 7.25. The molecule has 2 amide bonds. The molecule has 1 fully saturated rings. The van der Waals surface area contributed by atoms with E-state index in [0.29, 0.717) is 17.9 Å². The number of anilines is 1. The Labute approximate surface area is 221 Å². The number of sulfonamides is 1. The summed E-state index contributed by atoms with van der Waals surface area (Å²) in [6.45, 7) is 5.26. The summed E-state index contributed by atoms with van der Waals surface area (Å²) >= 11 is 0. The van der Waals surface area contributed by atoms with Gasteiger partial charge in [0, 0.05) is 12.6 Å². The number of benzene rings is 2. The van der Waals surface area contributed by atoms with Gasteiger partial charge in [0.15, 0.2) is 0 Å². The van der Waals surface area contributed by atoms with Crippen LogP contribution in [0.15, 0.2) is 42.5 Å². The minimum absolute atomic E-state index is 0.109. The number of nitrogens with one attached hydrogen (secondary N) is 1. The van der Waals surface area contributed by atoms with Crippen molar-refractivity contribution in [1.82, 2.24) is 10.2 Å². The van der Waals surface area contributed by atoms with Gasteiger partial charge in [-0.25, -0.2) is 8.42 Å². The van der Waals surface area contributed by atoms with Crippen LogP contribution in [0.2, 0.25) is 0 Å². The lowest BCUT2D eigenvalue weighted by Crippen LogP contribution is -2.53. The van der Waals surface area contributed by atoms with Gasteiger partial charge in [0.1, 0.15) is 18.3 Å². The maximum Gasteiger partial charge on any atom is 0.244 e. The van der Waals surface area contributed by atoms with E-state index in [9.17, 15) is 18.0 Å². The van der Waals surface area contributed by atoms with Crippen LogP contribution in [0.4, 0.5) is 5.69 Å². The van der Waals surface area contributed by atoms with Crippen LogP contribution in [0.3, 0.4) is 0 Å². The van der Waals surface area contributed by atoms with Crippen molar-refractivity contribution in [3.63, 3.8) is 0 Å². The van der Waals surface area contributed by atoms with Gasteiger partial charge in [-0.05, 0) is 61.9 Å². The summed E-state index contributed by atoms with van der Waals surface area (Å²) < 4.78 is 32.3. The molecule has 202 valence electrons. The average molecular weight is 530 g/mol. The standard InChI is InChI=1S/C28H39N3O5S/c1-6-25(28(33)29-23-14-7-8-15-23)30(18-22-13-10-16-24(17-22)36-4)26(32)19-31(37(5,34)35)27-20(2)11-9-12-21(27)3/h9-13,16-17,23,25H,6-8,14-15,18-19H2,1-5H3,(H,29,33)/t25-/m1/s1. The molecule has 0 spiro atoms. The van der Waals surface area contributed by atoms with Crippen LogP contribution in [-0.4, -0.2) is 57.1 Å². The van der Waals surface area contributed by atoms with Gasteiger partial charge in [0.05, 0.1) is 19.1 Å². The minimum atomic E-state index is -3.78. The van der Waals surface area contributed by atoms with Crippen molar-refractivity contribution in [2.45, 2.75) is 71.5 Å². The molecule has 0 aliphatic heterocycles. The number of aryl methyl sites for hydroxylation is 2. The van der Waals surface area contributed by atoms with Gasteiger partial charge in [-0.15, -0.1) is 0 Å². The highest BCUT2D eigenvalue weighted by atomic mass is 32.2. The Morgan fingerprint density at radius 2 is 1.70 bits per heavy atom. The van der Waals surface area contributed by atoms with Crippen LogP contribution in [0.25, 0.3) is 0 Å². The van der Waals surface area contributed by atoms with E-state index < -0.39 is 28.5 Å². The molecule has 0 radical (unpaired) electrons. The van der Waals surface area contributed by atoms with Crippen molar-refractivity contribution in [3.8, 4) is 5.75 Å². The van der Waals surface area contributed by atoms with E-state index in [4.69, 9.17) is 4.74 Å². The second-order valence-electron chi connectivity index (χ2n) is 9.80. The van der Waals surface area contributed by atoms with E-state index in [1.165, 1.54) is 4.90 Å². The zero-order valence-corrected chi connectivity index (χ0v) is 23.3. The highest BCUT2D eigenvalue weighted by Crippen LogP contribution is 2.27. The Morgan fingerprint density at radius 1 is 1.08 bits per heavy atom. The Balaban J connectivity index is 1.97. The molecule has 1 N–H and O–H groups in total. The first-order valence-corrected chi connectivity index (χ1v) is 14.7. The monoisotopic (exact) mass is 529 g/mol. The number of ether oxygens (including phenoxy) is 1. The van der Waals surface area contributed by atoms with Gasteiger partial charge in [-0.3, -0.25) is 13.9 Å².